The van der Waals surface area contributed by atoms with Gasteiger partial charge in [0.2, 0.25) is 0 Å². The van der Waals surface area contributed by atoms with Gasteiger partial charge in [0.1, 0.15) is 5.75 Å². The standard InChI is InChI=1S/C8H6O2/c9-8-3-6-1-2-10-5-7(6)4-8/h1-5,9H. The highest BCUT2D eigenvalue weighted by Gasteiger charge is 2.03. The Balaban J connectivity index is 2.76. The molecule has 0 fully saturated rings. The molecule has 0 saturated heterocycles. The molecule has 1 heterocycles. The van der Waals surface area contributed by atoms with Crippen LogP contribution in [-0.4, -0.2) is 5.11 Å². The van der Waals surface area contributed by atoms with Crippen LogP contribution in [0.4, 0.5) is 0 Å². The first-order valence-electron chi connectivity index (χ1n) is 3.01. The molecule has 0 aromatic heterocycles. The van der Waals surface area contributed by atoms with E-state index in [1.807, 2.05) is 6.07 Å². The number of fused-ring (bicyclic) bond motifs is 1. The third-order valence-corrected chi connectivity index (χ3v) is 1.46. The van der Waals surface area contributed by atoms with Crippen LogP contribution in [-0.2, 0) is 0 Å². The van der Waals surface area contributed by atoms with Gasteiger partial charge in [-0.05, 0) is 23.8 Å². The fraction of sp³-hybridized carbons (Fsp3) is 0. The molecule has 0 spiro atoms. The molecule has 2 rings (SSSR count). The lowest BCUT2D eigenvalue weighted by Crippen LogP contribution is -1.67. The predicted octanol–water partition coefficient (Wildman–Crippen LogP) is 2.09. The Labute approximate surface area is 58.1 Å². The van der Waals surface area contributed by atoms with Crippen LogP contribution in [0.1, 0.15) is 0 Å². The van der Waals surface area contributed by atoms with E-state index in [-0.39, 0.29) is 5.75 Å². The molecule has 0 unspecified atom stereocenters. The minimum absolute atomic E-state index is 0.288. The molecule has 1 aliphatic carbocycles. The van der Waals surface area contributed by atoms with Gasteiger partial charge in [-0.1, -0.05) is 0 Å². The number of hydrogen-bond donors (Lipinski definition) is 1. The van der Waals surface area contributed by atoms with Crippen molar-refractivity contribution in [2.24, 2.45) is 0 Å². The lowest BCUT2D eigenvalue weighted by Gasteiger charge is -1.91. The predicted molar refractivity (Wildman–Crippen MR) is 37.0 cm³/mol. The van der Waals surface area contributed by atoms with E-state index < -0.39 is 0 Å². The Bertz CT molecular complexity index is 281. The van der Waals surface area contributed by atoms with Gasteiger partial charge in [-0.15, -0.1) is 0 Å². The summed E-state index contributed by atoms with van der Waals surface area (Å²) in [6.07, 6.45) is 3.19. The van der Waals surface area contributed by atoms with E-state index in [0.717, 1.165) is 11.1 Å². The van der Waals surface area contributed by atoms with Gasteiger partial charge in [0, 0.05) is 5.56 Å². The molecule has 1 aliphatic heterocycles. The Morgan fingerprint density at radius 3 is 2.80 bits per heavy atom. The zero-order chi connectivity index (χ0) is 6.97. The normalized spacial score (nSPS) is 10.4. The summed E-state index contributed by atoms with van der Waals surface area (Å²) in [5.41, 5.74) is 1.93. The van der Waals surface area contributed by atoms with Crippen molar-refractivity contribution in [1.29, 1.82) is 0 Å². The van der Waals surface area contributed by atoms with Crippen LogP contribution in [0.5, 0.6) is 5.75 Å². The van der Waals surface area contributed by atoms with Gasteiger partial charge in [-0.2, -0.15) is 0 Å². The maximum Gasteiger partial charge on any atom is 0.116 e. The molecule has 0 radical (unpaired) electrons. The molecule has 0 atom stereocenters. The van der Waals surface area contributed by atoms with Crippen molar-refractivity contribution >= 4 is 0 Å². The smallest absolute Gasteiger partial charge is 0.116 e. The molecule has 50 valence electrons. The van der Waals surface area contributed by atoms with Crippen molar-refractivity contribution in [3.8, 4) is 16.9 Å². The summed E-state index contributed by atoms with van der Waals surface area (Å²) < 4.78 is 4.89. The van der Waals surface area contributed by atoms with Crippen LogP contribution in [0.15, 0.2) is 35.1 Å². The number of aromatic hydroxyl groups is 1. The van der Waals surface area contributed by atoms with Crippen LogP contribution in [0, 0.1) is 0 Å². The lowest BCUT2D eigenvalue weighted by molar-refractivity contribution is 0.477. The first-order valence-corrected chi connectivity index (χ1v) is 3.01. The highest BCUT2D eigenvalue weighted by molar-refractivity contribution is 5.68. The topological polar surface area (TPSA) is 33.4 Å². The minimum Gasteiger partial charge on any atom is -0.508 e. The van der Waals surface area contributed by atoms with Gasteiger partial charge in [-0.25, -0.2) is 0 Å². The fourth-order valence-corrected chi connectivity index (χ4v) is 0.999. The van der Waals surface area contributed by atoms with Gasteiger partial charge in [0.05, 0.1) is 12.5 Å². The SMILES string of the molecule is Oc1cc2ccocc-2c1. The zero-order valence-electron chi connectivity index (χ0n) is 5.24. The van der Waals surface area contributed by atoms with Crippen molar-refractivity contribution in [3.05, 3.63) is 30.7 Å². The van der Waals surface area contributed by atoms with Gasteiger partial charge < -0.3 is 9.52 Å². The molecule has 2 aliphatic rings. The summed E-state index contributed by atoms with van der Waals surface area (Å²) in [6, 6.07) is 5.18. The average molecular weight is 134 g/mol. The zero-order valence-corrected chi connectivity index (χ0v) is 5.24. The molecule has 2 nitrogen and oxygen atoms in total. The first-order chi connectivity index (χ1) is 4.86. The molecule has 0 aromatic carbocycles. The van der Waals surface area contributed by atoms with Crippen LogP contribution in [0.2, 0.25) is 0 Å². The van der Waals surface area contributed by atoms with Crippen LogP contribution in [0.25, 0.3) is 11.1 Å². The molecule has 0 bridgehead atoms. The minimum atomic E-state index is 0.288. The molecule has 0 saturated carbocycles. The Morgan fingerprint density at radius 1 is 1.20 bits per heavy atom. The molecular formula is C8H6O2. The van der Waals surface area contributed by atoms with Crippen LogP contribution >= 0.6 is 0 Å². The van der Waals surface area contributed by atoms with E-state index >= 15 is 0 Å². The van der Waals surface area contributed by atoms with E-state index in [4.69, 9.17) is 9.52 Å². The van der Waals surface area contributed by atoms with Crippen molar-refractivity contribution in [1.82, 2.24) is 0 Å². The number of hydrogen-bond acceptors (Lipinski definition) is 2. The third kappa shape index (κ3) is 0.658. The Hall–Kier alpha value is -1.44. The van der Waals surface area contributed by atoms with Gasteiger partial charge in [-0.3, -0.25) is 0 Å². The van der Waals surface area contributed by atoms with Crippen LogP contribution in [0.3, 0.4) is 0 Å². The second-order valence-corrected chi connectivity index (χ2v) is 2.18. The molecule has 0 amide bonds. The summed E-state index contributed by atoms with van der Waals surface area (Å²) in [4.78, 5) is 0. The van der Waals surface area contributed by atoms with E-state index in [1.165, 1.54) is 0 Å². The maximum absolute atomic E-state index is 9.01. The second-order valence-electron chi connectivity index (χ2n) is 2.18. The van der Waals surface area contributed by atoms with Crippen LogP contribution < -0.4 is 0 Å². The Morgan fingerprint density at radius 2 is 2.00 bits per heavy atom. The maximum atomic E-state index is 9.01. The summed E-state index contributed by atoms with van der Waals surface area (Å²) in [7, 11) is 0. The van der Waals surface area contributed by atoms with Crippen molar-refractivity contribution in [2.75, 3.05) is 0 Å². The van der Waals surface area contributed by atoms with E-state index in [2.05, 4.69) is 0 Å². The van der Waals surface area contributed by atoms with E-state index in [0.29, 0.717) is 0 Å². The molecule has 1 N–H and O–H groups in total. The van der Waals surface area contributed by atoms with Crippen molar-refractivity contribution in [2.45, 2.75) is 0 Å². The molecule has 0 aromatic rings. The van der Waals surface area contributed by atoms with Crippen molar-refractivity contribution < 1.29 is 9.52 Å². The quantitative estimate of drug-likeness (QED) is 0.598. The first kappa shape index (κ1) is 5.35. The highest BCUT2D eigenvalue weighted by Crippen LogP contribution is 2.28. The third-order valence-electron chi connectivity index (χ3n) is 1.46. The summed E-state index contributed by atoms with van der Waals surface area (Å²) in [5, 5.41) is 9.01. The summed E-state index contributed by atoms with van der Waals surface area (Å²) >= 11 is 0. The molecule has 2 heteroatoms. The van der Waals surface area contributed by atoms with Gasteiger partial charge >= 0.3 is 0 Å². The highest BCUT2D eigenvalue weighted by atomic mass is 16.3. The monoisotopic (exact) mass is 134 g/mol. The number of rotatable bonds is 0. The summed E-state index contributed by atoms with van der Waals surface area (Å²) in [5.74, 6) is 0.288. The molecule has 10 heavy (non-hydrogen) atoms. The fourth-order valence-electron chi connectivity index (χ4n) is 0.999. The molecular weight excluding hydrogens is 128 g/mol. The van der Waals surface area contributed by atoms with E-state index in [1.54, 1.807) is 24.7 Å². The van der Waals surface area contributed by atoms with Crippen molar-refractivity contribution in [3.63, 3.8) is 0 Å². The average Bonchev–Trinajstić information content (AvgIpc) is 2.27. The van der Waals surface area contributed by atoms with E-state index in [9.17, 15) is 0 Å². The summed E-state index contributed by atoms with van der Waals surface area (Å²) in [6.45, 7) is 0. The van der Waals surface area contributed by atoms with Gasteiger partial charge in [0.25, 0.3) is 0 Å². The largest absolute Gasteiger partial charge is 0.508 e. The van der Waals surface area contributed by atoms with Gasteiger partial charge in [0.15, 0.2) is 0 Å². The second kappa shape index (κ2) is 1.77. The lowest BCUT2D eigenvalue weighted by atomic mass is 10.2. The Kier molecular flexibility index (Phi) is 0.947.